The Bertz CT molecular complexity index is 462. The predicted molar refractivity (Wildman–Crippen MR) is 71.6 cm³/mol. The number of H-pyrrole nitrogens is 1. The lowest BCUT2D eigenvalue weighted by Gasteiger charge is -2.28. The molecule has 106 valence electrons. The van der Waals surface area contributed by atoms with Crippen LogP contribution in [0.15, 0.2) is 11.4 Å². The van der Waals surface area contributed by atoms with E-state index in [2.05, 4.69) is 20.7 Å². The van der Waals surface area contributed by atoms with Gasteiger partial charge in [0.25, 0.3) is 0 Å². The van der Waals surface area contributed by atoms with Gasteiger partial charge in [0, 0.05) is 17.8 Å². The summed E-state index contributed by atoms with van der Waals surface area (Å²) in [6, 6.07) is 0. The number of oxime groups is 1. The number of aryl methyl sites for hydroxylation is 1. The summed E-state index contributed by atoms with van der Waals surface area (Å²) in [7, 11) is 0. The summed E-state index contributed by atoms with van der Waals surface area (Å²) in [5.41, 5.74) is 6.52. The van der Waals surface area contributed by atoms with Gasteiger partial charge in [-0.1, -0.05) is 19.0 Å². The molecule has 7 nitrogen and oxygen atoms in total. The fourth-order valence-electron chi connectivity index (χ4n) is 2.04. The Morgan fingerprint density at radius 1 is 1.58 bits per heavy atom. The number of nitrogens with one attached hydrogen (secondary N) is 2. The number of hydrogen-bond donors (Lipinski definition) is 4. The molecule has 19 heavy (non-hydrogen) atoms. The minimum atomic E-state index is -0.966. The highest BCUT2D eigenvalue weighted by Gasteiger charge is 2.39. The van der Waals surface area contributed by atoms with Crippen molar-refractivity contribution >= 4 is 11.7 Å². The van der Waals surface area contributed by atoms with Crippen molar-refractivity contribution in [2.24, 2.45) is 16.3 Å². The topological polar surface area (TPSA) is 116 Å². The lowest BCUT2D eigenvalue weighted by molar-refractivity contribution is -0.128. The molecule has 0 spiro atoms. The Hall–Kier alpha value is -2.05. The summed E-state index contributed by atoms with van der Waals surface area (Å²) in [6.45, 7) is 5.92. The fourth-order valence-corrected chi connectivity index (χ4v) is 2.04. The van der Waals surface area contributed by atoms with Gasteiger partial charge in [-0.2, -0.15) is 5.10 Å². The number of rotatable bonds is 6. The average Bonchev–Trinajstić information content (AvgIpc) is 2.83. The molecule has 0 aromatic carbocycles. The van der Waals surface area contributed by atoms with Crippen LogP contribution in [0.2, 0.25) is 0 Å². The highest BCUT2D eigenvalue weighted by atomic mass is 16.4. The van der Waals surface area contributed by atoms with E-state index >= 15 is 0 Å². The van der Waals surface area contributed by atoms with Gasteiger partial charge < -0.3 is 16.3 Å². The molecule has 0 aliphatic heterocycles. The van der Waals surface area contributed by atoms with Crippen LogP contribution >= 0.6 is 0 Å². The van der Waals surface area contributed by atoms with Gasteiger partial charge in [0.2, 0.25) is 5.91 Å². The zero-order valence-electron chi connectivity index (χ0n) is 11.5. The van der Waals surface area contributed by atoms with E-state index in [1.807, 2.05) is 20.8 Å². The summed E-state index contributed by atoms with van der Waals surface area (Å²) in [4.78, 5) is 12.3. The van der Waals surface area contributed by atoms with E-state index < -0.39 is 5.41 Å². The predicted octanol–water partition coefficient (Wildman–Crippen LogP) is 0.887. The van der Waals surface area contributed by atoms with Gasteiger partial charge in [0.15, 0.2) is 5.84 Å². The Morgan fingerprint density at radius 3 is 2.63 bits per heavy atom. The normalized spacial score (nSPS) is 12.5. The van der Waals surface area contributed by atoms with Crippen molar-refractivity contribution in [2.45, 2.75) is 40.2 Å². The number of amidine groups is 1. The molecule has 0 bridgehead atoms. The van der Waals surface area contributed by atoms with Gasteiger partial charge in [0.05, 0.1) is 6.20 Å². The van der Waals surface area contributed by atoms with Crippen molar-refractivity contribution < 1.29 is 10.0 Å². The molecule has 1 aromatic heterocycles. The van der Waals surface area contributed by atoms with Crippen LogP contribution < -0.4 is 11.1 Å². The largest absolute Gasteiger partial charge is 0.409 e. The zero-order valence-corrected chi connectivity index (χ0v) is 11.5. The first-order chi connectivity index (χ1) is 9.01. The van der Waals surface area contributed by atoms with Crippen LogP contribution in [0.5, 0.6) is 0 Å². The van der Waals surface area contributed by atoms with E-state index in [1.165, 1.54) is 0 Å². The molecular formula is C12H21N5O2. The SMILES string of the molecule is CCC(CC)(C(=O)NCc1cn[nH]c1C)C(N)=NO. The van der Waals surface area contributed by atoms with Crippen LogP contribution in [0.4, 0.5) is 0 Å². The average molecular weight is 267 g/mol. The number of aromatic amines is 1. The molecule has 0 saturated heterocycles. The van der Waals surface area contributed by atoms with Crippen LogP contribution in [0.25, 0.3) is 0 Å². The van der Waals surface area contributed by atoms with E-state index in [0.29, 0.717) is 19.4 Å². The number of nitrogens with two attached hydrogens (primary N) is 1. The van der Waals surface area contributed by atoms with Gasteiger partial charge >= 0.3 is 0 Å². The van der Waals surface area contributed by atoms with Gasteiger partial charge in [-0.05, 0) is 19.8 Å². The molecule has 1 rings (SSSR count). The summed E-state index contributed by atoms with van der Waals surface area (Å²) >= 11 is 0. The third-order valence-corrected chi connectivity index (χ3v) is 3.61. The molecule has 0 saturated carbocycles. The lowest BCUT2D eigenvalue weighted by Crippen LogP contribution is -2.49. The quantitative estimate of drug-likeness (QED) is 0.265. The maximum Gasteiger partial charge on any atom is 0.234 e. The number of aromatic nitrogens is 2. The zero-order chi connectivity index (χ0) is 14.5. The summed E-state index contributed by atoms with van der Waals surface area (Å²) in [6.07, 6.45) is 2.60. The van der Waals surface area contributed by atoms with Gasteiger partial charge in [-0.3, -0.25) is 9.89 Å². The first-order valence-electron chi connectivity index (χ1n) is 6.27. The smallest absolute Gasteiger partial charge is 0.234 e. The maximum absolute atomic E-state index is 12.3. The second-order valence-corrected chi connectivity index (χ2v) is 4.48. The van der Waals surface area contributed by atoms with Crippen LogP contribution in [0.1, 0.15) is 37.9 Å². The van der Waals surface area contributed by atoms with Crippen molar-refractivity contribution in [3.63, 3.8) is 0 Å². The molecule has 1 amide bonds. The molecule has 0 aliphatic carbocycles. The molecule has 0 atom stereocenters. The Balaban J connectivity index is 2.82. The molecule has 0 unspecified atom stereocenters. The van der Waals surface area contributed by atoms with Crippen molar-refractivity contribution in [3.8, 4) is 0 Å². The molecule has 0 radical (unpaired) electrons. The lowest BCUT2D eigenvalue weighted by atomic mass is 9.80. The van der Waals surface area contributed by atoms with Crippen LogP contribution in [-0.2, 0) is 11.3 Å². The monoisotopic (exact) mass is 267 g/mol. The van der Waals surface area contributed by atoms with Crippen LogP contribution in [0.3, 0.4) is 0 Å². The van der Waals surface area contributed by atoms with E-state index in [9.17, 15) is 4.79 Å². The molecule has 0 aliphatic rings. The minimum absolute atomic E-state index is 0.0566. The van der Waals surface area contributed by atoms with Crippen LogP contribution in [0, 0.1) is 12.3 Å². The van der Waals surface area contributed by atoms with Gasteiger partial charge in [-0.15, -0.1) is 0 Å². The summed E-state index contributed by atoms with van der Waals surface area (Å²) < 4.78 is 0. The van der Waals surface area contributed by atoms with Crippen LogP contribution in [-0.4, -0.2) is 27.1 Å². The van der Waals surface area contributed by atoms with E-state index in [4.69, 9.17) is 10.9 Å². The molecule has 1 aromatic rings. The number of nitrogens with zero attached hydrogens (tertiary/aromatic N) is 2. The fraction of sp³-hybridized carbons (Fsp3) is 0.583. The summed E-state index contributed by atoms with van der Waals surface area (Å²) in [5, 5.41) is 21.4. The standard InChI is InChI=1S/C12H21N5O2/c1-4-12(5-2,10(13)17-19)11(18)14-6-9-7-15-16-8(9)3/h7,19H,4-6H2,1-3H3,(H2,13,17)(H,14,18)(H,15,16). The van der Waals surface area contributed by atoms with E-state index in [1.54, 1.807) is 6.20 Å². The second kappa shape index (κ2) is 6.21. The highest BCUT2D eigenvalue weighted by Crippen LogP contribution is 2.27. The van der Waals surface area contributed by atoms with Gasteiger partial charge in [-0.25, -0.2) is 0 Å². The van der Waals surface area contributed by atoms with Crippen molar-refractivity contribution in [3.05, 3.63) is 17.5 Å². The molecule has 1 heterocycles. The molecule has 7 heteroatoms. The summed E-state index contributed by atoms with van der Waals surface area (Å²) in [5.74, 6) is -0.299. The number of amides is 1. The first-order valence-corrected chi connectivity index (χ1v) is 6.27. The Labute approximate surface area is 112 Å². The first kappa shape index (κ1) is 15.0. The molecule has 5 N–H and O–H groups in total. The minimum Gasteiger partial charge on any atom is -0.409 e. The number of carbonyl (C=O) groups excluding carboxylic acids is 1. The number of hydrogen-bond acceptors (Lipinski definition) is 4. The van der Waals surface area contributed by atoms with Crippen molar-refractivity contribution in [1.82, 2.24) is 15.5 Å². The number of carbonyl (C=O) groups is 1. The third kappa shape index (κ3) is 2.86. The van der Waals surface area contributed by atoms with Crippen molar-refractivity contribution in [2.75, 3.05) is 0 Å². The second-order valence-electron chi connectivity index (χ2n) is 4.48. The molecular weight excluding hydrogens is 246 g/mol. The van der Waals surface area contributed by atoms with Gasteiger partial charge in [0.1, 0.15) is 5.41 Å². The third-order valence-electron chi connectivity index (χ3n) is 3.61. The highest BCUT2D eigenvalue weighted by molar-refractivity contribution is 6.06. The Kier molecular flexibility index (Phi) is 4.91. The van der Waals surface area contributed by atoms with E-state index in [-0.39, 0.29) is 11.7 Å². The Morgan fingerprint density at radius 2 is 2.21 bits per heavy atom. The molecule has 0 fully saturated rings. The maximum atomic E-state index is 12.3. The van der Waals surface area contributed by atoms with Crippen molar-refractivity contribution in [1.29, 1.82) is 0 Å². The van der Waals surface area contributed by atoms with E-state index in [0.717, 1.165) is 11.3 Å².